The van der Waals surface area contributed by atoms with E-state index >= 15 is 0 Å². The minimum Gasteiger partial charge on any atom is -0.326 e. The number of hydrogen-bond donors (Lipinski definition) is 3. The van der Waals surface area contributed by atoms with Gasteiger partial charge in [-0.25, -0.2) is 13.1 Å². The second kappa shape index (κ2) is 6.46. The van der Waals surface area contributed by atoms with Crippen molar-refractivity contribution in [1.29, 1.82) is 0 Å². The molecule has 1 aliphatic heterocycles. The molecule has 1 aromatic rings. The number of rotatable bonds is 4. The Hall–Kier alpha value is -1.44. The largest absolute Gasteiger partial charge is 0.326 e. The van der Waals surface area contributed by atoms with E-state index in [1.54, 1.807) is 12.1 Å². The number of nitrogens with one attached hydrogen (secondary N) is 3. The van der Waals surface area contributed by atoms with E-state index in [2.05, 4.69) is 43.1 Å². The highest BCUT2D eigenvalue weighted by molar-refractivity contribution is 7.89. The van der Waals surface area contributed by atoms with Gasteiger partial charge in [0.25, 0.3) is 0 Å². The van der Waals surface area contributed by atoms with Gasteiger partial charge < -0.3 is 10.6 Å². The molecule has 0 bridgehead atoms. The molecule has 2 rings (SSSR count). The van der Waals surface area contributed by atoms with E-state index in [1.807, 2.05) is 0 Å². The molecule has 24 heavy (non-hydrogen) atoms. The van der Waals surface area contributed by atoms with E-state index in [1.165, 1.54) is 19.1 Å². The molecule has 0 spiro atoms. The quantitative estimate of drug-likeness (QED) is 0.775. The standard InChI is InChI=1S/C17H27N3O3S/c1-12(21)18-13-6-8-15(9-7-13)24(22,23)19-14-10-16(2,3)20-17(4,5)11-14/h6-9,14,19-20H,10-11H2,1-5H3,(H,18,21). The van der Waals surface area contributed by atoms with Crippen LogP contribution in [-0.4, -0.2) is 31.4 Å². The molecule has 1 amide bonds. The van der Waals surface area contributed by atoms with Crippen LogP contribution in [0.5, 0.6) is 0 Å². The predicted octanol–water partition coefficient (Wildman–Crippen LogP) is 2.23. The van der Waals surface area contributed by atoms with Crippen LogP contribution in [0.4, 0.5) is 5.69 Å². The molecule has 1 aliphatic rings. The number of piperidine rings is 1. The number of anilines is 1. The van der Waals surface area contributed by atoms with E-state index in [0.29, 0.717) is 5.69 Å². The highest BCUT2D eigenvalue weighted by Gasteiger charge is 2.39. The molecule has 0 unspecified atom stereocenters. The summed E-state index contributed by atoms with van der Waals surface area (Å²) >= 11 is 0. The van der Waals surface area contributed by atoms with Crippen molar-refractivity contribution in [3.8, 4) is 0 Å². The van der Waals surface area contributed by atoms with Crippen LogP contribution in [0.15, 0.2) is 29.2 Å². The summed E-state index contributed by atoms with van der Waals surface area (Å²) in [7, 11) is -3.60. The van der Waals surface area contributed by atoms with E-state index in [0.717, 1.165) is 12.8 Å². The second-order valence-corrected chi connectivity index (χ2v) is 9.54. The lowest BCUT2D eigenvalue weighted by molar-refractivity contribution is -0.114. The lowest BCUT2D eigenvalue weighted by atomic mass is 9.80. The fraction of sp³-hybridized carbons (Fsp3) is 0.588. The van der Waals surface area contributed by atoms with Crippen LogP contribution in [0.2, 0.25) is 0 Å². The van der Waals surface area contributed by atoms with Gasteiger partial charge >= 0.3 is 0 Å². The minimum absolute atomic E-state index is 0.128. The SMILES string of the molecule is CC(=O)Nc1ccc(S(=O)(=O)NC2CC(C)(C)NC(C)(C)C2)cc1. The van der Waals surface area contributed by atoms with Crippen LogP contribution >= 0.6 is 0 Å². The molecule has 1 aromatic carbocycles. The Kier molecular flexibility index (Phi) is 5.09. The highest BCUT2D eigenvalue weighted by Crippen LogP contribution is 2.29. The molecule has 134 valence electrons. The number of sulfonamides is 1. The first-order chi connectivity index (χ1) is 10.9. The summed E-state index contributed by atoms with van der Waals surface area (Å²) in [6.45, 7) is 9.73. The fourth-order valence-corrected chi connectivity index (χ4v) is 4.85. The van der Waals surface area contributed by atoms with Gasteiger partial charge in [-0.3, -0.25) is 4.79 Å². The van der Waals surface area contributed by atoms with Crippen molar-refractivity contribution in [3.63, 3.8) is 0 Å². The molecule has 0 aliphatic carbocycles. The first-order valence-electron chi connectivity index (χ1n) is 8.08. The molecule has 0 saturated carbocycles. The summed E-state index contributed by atoms with van der Waals surface area (Å²) in [5, 5.41) is 6.16. The lowest BCUT2D eigenvalue weighted by Crippen LogP contribution is -2.62. The molecular weight excluding hydrogens is 326 g/mol. The Morgan fingerprint density at radius 3 is 2.04 bits per heavy atom. The molecule has 3 N–H and O–H groups in total. The van der Waals surface area contributed by atoms with Crippen molar-refractivity contribution in [3.05, 3.63) is 24.3 Å². The average Bonchev–Trinajstić information content (AvgIpc) is 2.33. The van der Waals surface area contributed by atoms with Crippen LogP contribution in [0.1, 0.15) is 47.5 Å². The van der Waals surface area contributed by atoms with Gasteiger partial charge in [0.2, 0.25) is 15.9 Å². The third-order valence-corrected chi connectivity index (χ3v) is 5.53. The zero-order chi connectivity index (χ0) is 18.2. The number of carbonyl (C=O) groups is 1. The number of benzene rings is 1. The molecular formula is C17H27N3O3S. The van der Waals surface area contributed by atoms with Gasteiger partial charge in [0, 0.05) is 29.7 Å². The Morgan fingerprint density at radius 1 is 1.08 bits per heavy atom. The zero-order valence-electron chi connectivity index (χ0n) is 14.9. The average molecular weight is 353 g/mol. The number of amides is 1. The summed E-state index contributed by atoms with van der Waals surface area (Å²) in [5.41, 5.74) is 0.305. The van der Waals surface area contributed by atoms with Crippen molar-refractivity contribution < 1.29 is 13.2 Å². The van der Waals surface area contributed by atoms with Gasteiger partial charge in [0.05, 0.1) is 4.90 Å². The Labute approximate surface area is 144 Å². The number of hydrogen-bond acceptors (Lipinski definition) is 4. The zero-order valence-corrected chi connectivity index (χ0v) is 15.8. The maximum atomic E-state index is 12.6. The van der Waals surface area contributed by atoms with Gasteiger partial charge in [-0.1, -0.05) is 0 Å². The molecule has 0 radical (unpaired) electrons. The maximum absolute atomic E-state index is 12.6. The van der Waals surface area contributed by atoms with Crippen LogP contribution in [0.25, 0.3) is 0 Å². The van der Waals surface area contributed by atoms with E-state index in [9.17, 15) is 13.2 Å². The Balaban J connectivity index is 2.14. The molecule has 0 atom stereocenters. The van der Waals surface area contributed by atoms with Crippen molar-refractivity contribution in [2.75, 3.05) is 5.32 Å². The monoisotopic (exact) mass is 353 g/mol. The summed E-state index contributed by atoms with van der Waals surface area (Å²) in [5.74, 6) is -0.192. The third-order valence-electron chi connectivity index (χ3n) is 4.00. The summed E-state index contributed by atoms with van der Waals surface area (Å²) in [4.78, 5) is 11.2. The molecule has 1 saturated heterocycles. The van der Waals surface area contributed by atoms with Gasteiger partial charge in [-0.15, -0.1) is 0 Å². The predicted molar refractivity (Wildman–Crippen MR) is 95.4 cm³/mol. The molecule has 0 aromatic heterocycles. The topological polar surface area (TPSA) is 87.3 Å². The van der Waals surface area contributed by atoms with E-state index in [-0.39, 0.29) is 27.9 Å². The molecule has 7 heteroatoms. The summed E-state index contributed by atoms with van der Waals surface area (Å²) < 4.78 is 28.1. The minimum atomic E-state index is -3.60. The van der Waals surface area contributed by atoms with E-state index in [4.69, 9.17) is 0 Å². The lowest BCUT2D eigenvalue weighted by Gasteiger charge is -2.46. The normalized spacial score (nSPS) is 20.5. The number of carbonyl (C=O) groups excluding carboxylic acids is 1. The van der Waals surface area contributed by atoms with Gasteiger partial charge in [0.15, 0.2) is 0 Å². The van der Waals surface area contributed by atoms with Crippen molar-refractivity contribution in [2.24, 2.45) is 0 Å². The van der Waals surface area contributed by atoms with Crippen molar-refractivity contribution >= 4 is 21.6 Å². The third kappa shape index (κ3) is 5.03. The van der Waals surface area contributed by atoms with Crippen LogP contribution < -0.4 is 15.4 Å². The Morgan fingerprint density at radius 2 is 1.58 bits per heavy atom. The first-order valence-corrected chi connectivity index (χ1v) is 9.56. The first kappa shape index (κ1) is 18.9. The van der Waals surface area contributed by atoms with Crippen LogP contribution in [0, 0.1) is 0 Å². The van der Waals surface area contributed by atoms with Crippen LogP contribution in [0.3, 0.4) is 0 Å². The van der Waals surface area contributed by atoms with Crippen molar-refractivity contribution in [2.45, 2.75) is 69.5 Å². The molecule has 6 nitrogen and oxygen atoms in total. The van der Waals surface area contributed by atoms with Crippen LogP contribution in [-0.2, 0) is 14.8 Å². The van der Waals surface area contributed by atoms with E-state index < -0.39 is 10.0 Å². The Bertz CT molecular complexity index is 693. The molecule has 1 heterocycles. The molecule has 1 fully saturated rings. The second-order valence-electron chi connectivity index (χ2n) is 7.82. The van der Waals surface area contributed by atoms with Gasteiger partial charge in [-0.2, -0.15) is 0 Å². The smallest absolute Gasteiger partial charge is 0.240 e. The van der Waals surface area contributed by atoms with Gasteiger partial charge in [0.1, 0.15) is 0 Å². The van der Waals surface area contributed by atoms with Crippen molar-refractivity contribution in [1.82, 2.24) is 10.0 Å². The van der Waals surface area contributed by atoms with Gasteiger partial charge in [-0.05, 0) is 64.8 Å². The highest BCUT2D eigenvalue weighted by atomic mass is 32.2. The summed E-state index contributed by atoms with van der Waals surface area (Å²) in [6.07, 6.45) is 1.44. The summed E-state index contributed by atoms with van der Waals surface area (Å²) in [6, 6.07) is 6.06. The fourth-order valence-electron chi connectivity index (χ4n) is 3.61. The maximum Gasteiger partial charge on any atom is 0.240 e.